The highest BCUT2D eigenvalue weighted by Crippen LogP contribution is 2.17. The van der Waals surface area contributed by atoms with Crippen molar-refractivity contribution in [1.29, 1.82) is 0 Å². The van der Waals surface area contributed by atoms with E-state index in [4.69, 9.17) is 9.47 Å². The number of methoxy groups -OCH3 is 1. The minimum Gasteiger partial charge on any atom is -0.496 e. The fourth-order valence-electron chi connectivity index (χ4n) is 2.43. The van der Waals surface area contributed by atoms with E-state index in [0.29, 0.717) is 25.9 Å². The van der Waals surface area contributed by atoms with Gasteiger partial charge in [0.05, 0.1) is 13.7 Å². The molecule has 6 heteroatoms. The van der Waals surface area contributed by atoms with Gasteiger partial charge in [-0.1, -0.05) is 18.2 Å². The molecule has 1 heterocycles. The number of para-hydroxylation sites is 1. The zero-order valence-corrected chi connectivity index (χ0v) is 13.0. The normalized spacial score (nSPS) is 17.3. The maximum Gasteiger partial charge on any atom is 0.409 e. The number of carbonyl (C=O) groups is 2. The molecule has 1 unspecified atom stereocenters. The lowest BCUT2D eigenvalue weighted by atomic mass is 10.1. The Morgan fingerprint density at radius 3 is 2.91 bits per heavy atom. The molecule has 0 aromatic heterocycles. The van der Waals surface area contributed by atoms with Crippen LogP contribution in [0.15, 0.2) is 24.3 Å². The molecule has 1 aliphatic rings. The number of carbonyl (C=O) groups excluding carboxylic acids is 2. The molecule has 1 saturated heterocycles. The lowest BCUT2D eigenvalue weighted by Crippen LogP contribution is -2.27. The molecule has 0 aliphatic carbocycles. The first-order valence-corrected chi connectivity index (χ1v) is 7.40. The maximum atomic E-state index is 11.8. The van der Waals surface area contributed by atoms with E-state index in [2.05, 4.69) is 5.32 Å². The summed E-state index contributed by atoms with van der Waals surface area (Å²) in [5.74, 6) is 0.804. The van der Waals surface area contributed by atoms with Gasteiger partial charge in [0.1, 0.15) is 11.9 Å². The van der Waals surface area contributed by atoms with Gasteiger partial charge in [0.25, 0.3) is 0 Å². The van der Waals surface area contributed by atoms with Crippen LogP contribution in [0.1, 0.15) is 18.4 Å². The van der Waals surface area contributed by atoms with Crippen molar-refractivity contribution in [3.8, 4) is 5.75 Å². The lowest BCUT2D eigenvalue weighted by molar-refractivity contribution is -0.121. The Hall–Kier alpha value is -2.24. The standard InChI is InChI=1S/C16H22N2O4/c1-18-11-13(22-16(18)20)7-8-15(19)17-10-9-12-5-3-4-6-14(12)21-2/h3-6,13H,7-11H2,1-2H3,(H,17,19). The van der Waals surface area contributed by atoms with E-state index in [1.165, 1.54) is 4.90 Å². The molecule has 1 atom stereocenters. The molecule has 0 saturated carbocycles. The third-order valence-corrected chi connectivity index (χ3v) is 3.66. The third-order valence-electron chi connectivity index (χ3n) is 3.66. The Kier molecular flexibility index (Phi) is 5.63. The predicted octanol–water partition coefficient (Wildman–Crippen LogP) is 1.58. The lowest BCUT2D eigenvalue weighted by Gasteiger charge is -2.10. The second kappa shape index (κ2) is 7.68. The van der Waals surface area contributed by atoms with Gasteiger partial charge in [-0.05, 0) is 24.5 Å². The largest absolute Gasteiger partial charge is 0.496 e. The van der Waals surface area contributed by atoms with Gasteiger partial charge in [-0.25, -0.2) is 4.79 Å². The van der Waals surface area contributed by atoms with Gasteiger partial charge in [-0.15, -0.1) is 0 Å². The van der Waals surface area contributed by atoms with Gasteiger partial charge in [-0.3, -0.25) is 4.79 Å². The number of amides is 2. The molecule has 1 fully saturated rings. The van der Waals surface area contributed by atoms with Crippen molar-refractivity contribution >= 4 is 12.0 Å². The summed E-state index contributed by atoms with van der Waals surface area (Å²) < 4.78 is 10.4. The average Bonchev–Trinajstić information content (AvgIpc) is 2.84. The first-order valence-electron chi connectivity index (χ1n) is 7.40. The molecule has 1 aromatic carbocycles. The number of hydrogen-bond donors (Lipinski definition) is 1. The van der Waals surface area contributed by atoms with Crippen LogP contribution in [0.5, 0.6) is 5.75 Å². The molecule has 2 rings (SSSR count). The van der Waals surface area contributed by atoms with Crippen LogP contribution in [0.3, 0.4) is 0 Å². The highest BCUT2D eigenvalue weighted by Gasteiger charge is 2.28. The van der Waals surface area contributed by atoms with Crippen molar-refractivity contribution in [2.45, 2.75) is 25.4 Å². The summed E-state index contributed by atoms with van der Waals surface area (Å²) in [4.78, 5) is 24.5. The second-order valence-electron chi connectivity index (χ2n) is 5.34. The third kappa shape index (κ3) is 4.38. The minimum atomic E-state index is -0.318. The van der Waals surface area contributed by atoms with Crippen molar-refractivity contribution in [3.63, 3.8) is 0 Å². The summed E-state index contributed by atoms with van der Waals surface area (Å²) in [6.45, 7) is 1.11. The van der Waals surface area contributed by atoms with Crippen molar-refractivity contribution in [3.05, 3.63) is 29.8 Å². The first kappa shape index (κ1) is 16.1. The summed E-state index contributed by atoms with van der Waals surface area (Å²) in [5, 5.41) is 2.88. The van der Waals surface area contributed by atoms with Crippen LogP contribution < -0.4 is 10.1 Å². The zero-order chi connectivity index (χ0) is 15.9. The second-order valence-corrected chi connectivity index (χ2v) is 5.34. The molecule has 1 aliphatic heterocycles. The monoisotopic (exact) mass is 306 g/mol. The fraction of sp³-hybridized carbons (Fsp3) is 0.500. The Morgan fingerprint density at radius 1 is 1.45 bits per heavy atom. The van der Waals surface area contributed by atoms with E-state index >= 15 is 0 Å². The van der Waals surface area contributed by atoms with E-state index in [-0.39, 0.29) is 18.1 Å². The Bertz CT molecular complexity index is 533. The summed E-state index contributed by atoms with van der Waals surface area (Å²) in [7, 11) is 3.33. The predicted molar refractivity (Wildman–Crippen MR) is 81.8 cm³/mol. The topological polar surface area (TPSA) is 67.9 Å². The van der Waals surface area contributed by atoms with Crippen LogP contribution in [0.2, 0.25) is 0 Å². The SMILES string of the molecule is COc1ccccc1CCNC(=O)CCC1CN(C)C(=O)O1. The van der Waals surface area contributed by atoms with E-state index < -0.39 is 0 Å². The molecule has 22 heavy (non-hydrogen) atoms. The minimum absolute atomic E-state index is 0.0273. The highest BCUT2D eigenvalue weighted by molar-refractivity contribution is 5.76. The van der Waals surface area contributed by atoms with E-state index in [1.54, 1.807) is 14.2 Å². The molecule has 2 amide bonds. The number of benzene rings is 1. The average molecular weight is 306 g/mol. The van der Waals surface area contributed by atoms with Gasteiger partial charge >= 0.3 is 6.09 Å². The fourth-order valence-corrected chi connectivity index (χ4v) is 2.43. The van der Waals surface area contributed by atoms with Crippen LogP contribution >= 0.6 is 0 Å². The summed E-state index contributed by atoms with van der Waals surface area (Å²) in [6, 6.07) is 7.76. The first-order chi connectivity index (χ1) is 10.6. The number of ether oxygens (including phenoxy) is 2. The van der Waals surface area contributed by atoms with E-state index in [1.807, 2.05) is 24.3 Å². The van der Waals surface area contributed by atoms with Gasteiger partial charge in [0, 0.05) is 20.0 Å². The number of hydrogen-bond acceptors (Lipinski definition) is 4. The molecular formula is C16H22N2O4. The number of cyclic esters (lactones) is 1. The smallest absolute Gasteiger partial charge is 0.409 e. The number of likely N-dealkylation sites (N-methyl/N-ethyl adjacent to an activating group) is 1. The summed E-state index contributed by atoms with van der Waals surface area (Å²) in [6.07, 6.45) is 1.13. The van der Waals surface area contributed by atoms with E-state index in [9.17, 15) is 9.59 Å². The molecule has 120 valence electrons. The van der Waals surface area contributed by atoms with Crippen LogP contribution in [0.4, 0.5) is 4.79 Å². The summed E-state index contributed by atoms with van der Waals surface area (Å²) in [5.41, 5.74) is 1.07. The van der Waals surface area contributed by atoms with Crippen LogP contribution in [0, 0.1) is 0 Å². The Balaban J connectivity index is 1.67. The van der Waals surface area contributed by atoms with Gasteiger partial charge in [0.2, 0.25) is 5.91 Å². The number of rotatable bonds is 7. The molecule has 0 bridgehead atoms. The van der Waals surface area contributed by atoms with Crippen molar-refractivity contribution in [2.75, 3.05) is 27.2 Å². The van der Waals surface area contributed by atoms with Crippen molar-refractivity contribution in [2.24, 2.45) is 0 Å². The molecule has 0 radical (unpaired) electrons. The molecular weight excluding hydrogens is 284 g/mol. The van der Waals surface area contributed by atoms with Crippen LogP contribution in [-0.2, 0) is 16.0 Å². The molecule has 1 aromatic rings. The van der Waals surface area contributed by atoms with Crippen LogP contribution in [0.25, 0.3) is 0 Å². The Labute approximate surface area is 130 Å². The number of nitrogens with zero attached hydrogens (tertiary/aromatic N) is 1. The molecule has 0 spiro atoms. The van der Waals surface area contributed by atoms with Gasteiger partial charge < -0.3 is 19.7 Å². The Morgan fingerprint density at radius 2 is 2.23 bits per heavy atom. The van der Waals surface area contributed by atoms with Crippen LogP contribution in [-0.4, -0.2) is 50.3 Å². The molecule has 1 N–H and O–H groups in total. The molecule has 6 nitrogen and oxygen atoms in total. The van der Waals surface area contributed by atoms with Crippen molar-refractivity contribution < 1.29 is 19.1 Å². The summed E-state index contributed by atoms with van der Waals surface area (Å²) >= 11 is 0. The highest BCUT2D eigenvalue weighted by atomic mass is 16.6. The van der Waals surface area contributed by atoms with Crippen molar-refractivity contribution in [1.82, 2.24) is 10.2 Å². The van der Waals surface area contributed by atoms with Gasteiger partial charge in [0.15, 0.2) is 0 Å². The zero-order valence-electron chi connectivity index (χ0n) is 13.0. The maximum absolute atomic E-state index is 11.8. The van der Waals surface area contributed by atoms with Gasteiger partial charge in [-0.2, -0.15) is 0 Å². The quantitative estimate of drug-likeness (QED) is 0.830. The number of nitrogens with one attached hydrogen (secondary N) is 1. The van der Waals surface area contributed by atoms with E-state index in [0.717, 1.165) is 17.7 Å².